The summed E-state index contributed by atoms with van der Waals surface area (Å²) in [5.74, 6) is 1.21. The van der Waals surface area contributed by atoms with Gasteiger partial charge in [-0.1, -0.05) is 6.07 Å². The third-order valence-electron chi connectivity index (χ3n) is 8.30. The highest BCUT2D eigenvalue weighted by molar-refractivity contribution is 5.85. The molecule has 6 rings (SSSR count). The Morgan fingerprint density at radius 3 is 2.58 bits per heavy atom. The zero-order chi connectivity index (χ0) is 31.1. The molecule has 240 valence electrons. The van der Waals surface area contributed by atoms with E-state index < -0.39 is 5.82 Å². The summed E-state index contributed by atoms with van der Waals surface area (Å²) in [7, 11) is 1.49. The molecule has 1 atom stereocenters. The minimum Gasteiger partial charge on any atom is -0.496 e. The molecule has 0 amide bonds. The van der Waals surface area contributed by atoms with E-state index >= 15 is 0 Å². The maximum absolute atomic E-state index is 14.8. The number of nitrogens with two attached hydrogens (primary N) is 1. The predicted molar refractivity (Wildman–Crippen MR) is 177 cm³/mol. The number of piperidine rings is 1. The molecule has 2 fully saturated rings. The molecule has 10 nitrogen and oxygen atoms in total. The van der Waals surface area contributed by atoms with Gasteiger partial charge in [-0.2, -0.15) is 5.10 Å². The maximum Gasteiger partial charge on any atom is 0.168 e. The zero-order valence-electron chi connectivity index (χ0n) is 26.5. The lowest BCUT2D eigenvalue weighted by Crippen LogP contribution is -2.45. The second-order valence-corrected chi connectivity index (χ2v) is 13.0. The lowest BCUT2D eigenvalue weighted by atomic mass is 9.85. The van der Waals surface area contributed by atoms with Crippen LogP contribution in [-0.4, -0.2) is 62.2 Å². The molecule has 2 saturated heterocycles. The number of pyridine rings is 1. The third kappa shape index (κ3) is 7.21. The molecule has 2 aliphatic heterocycles. The van der Waals surface area contributed by atoms with Crippen molar-refractivity contribution in [1.29, 1.82) is 0 Å². The van der Waals surface area contributed by atoms with Gasteiger partial charge < -0.3 is 25.4 Å². The molecule has 4 aromatic rings. The summed E-state index contributed by atoms with van der Waals surface area (Å²) in [6.07, 6.45) is 11.3. The molecular weight excluding hydrogens is 595 g/mol. The lowest BCUT2D eigenvalue weighted by Gasteiger charge is -2.45. The fourth-order valence-corrected chi connectivity index (χ4v) is 6.70. The van der Waals surface area contributed by atoms with Crippen LogP contribution in [0, 0.1) is 5.82 Å². The van der Waals surface area contributed by atoms with E-state index in [-0.39, 0.29) is 47.1 Å². The first-order valence-electron chi connectivity index (χ1n) is 15.2. The summed E-state index contributed by atoms with van der Waals surface area (Å²) in [6, 6.07) is 8.71. The SMILES string of the molecule is COc1cccc(F)c1-c1nccc(Nc2cc(N3CCC[C@H](N)C3)c(-c3cnn(C4CC(C)(C)OC(C)(C)C4)c3)cn2)n1.Cl. The monoisotopic (exact) mass is 636 g/mol. The van der Waals surface area contributed by atoms with E-state index in [1.165, 1.54) is 13.2 Å². The van der Waals surface area contributed by atoms with Crippen molar-refractivity contribution in [3.05, 3.63) is 60.9 Å². The average Bonchev–Trinajstić information content (AvgIpc) is 3.46. The van der Waals surface area contributed by atoms with Crippen LogP contribution in [0.3, 0.4) is 0 Å². The van der Waals surface area contributed by atoms with Gasteiger partial charge in [0, 0.05) is 60.6 Å². The largest absolute Gasteiger partial charge is 0.496 e. The Morgan fingerprint density at radius 1 is 1.07 bits per heavy atom. The Balaban J connectivity index is 0.00000400. The van der Waals surface area contributed by atoms with Crippen molar-refractivity contribution in [3.8, 4) is 28.3 Å². The smallest absolute Gasteiger partial charge is 0.168 e. The van der Waals surface area contributed by atoms with Crippen molar-refractivity contribution in [2.45, 2.75) is 76.7 Å². The summed E-state index contributed by atoms with van der Waals surface area (Å²) in [6.45, 7) is 10.2. The molecule has 12 heteroatoms. The van der Waals surface area contributed by atoms with Gasteiger partial charge >= 0.3 is 0 Å². The highest BCUT2D eigenvalue weighted by Crippen LogP contribution is 2.42. The first kappa shape index (κ1) is 32.6. The van der Waals surface area contributed by atoms with E-state index in [0.29, 0.717) is 17.4 Å². The van der Waals surface area contributed by atoms with E-state index in [1.54, 1.807) is 24.4 Å². The minimum absolute atomic E-state index is 0. The third-order valence-corrected chi connectivity index (χ3v) is 8.30. The van der Waals surface area contributed by atoms with Crippen molar-refractivity contribution >= 4 is 29.7 Å². The Kier molecular flexibility index (Phi) is 9.34. The highest BCUT2D eigenvalue weighted by atomic mass is 35.5. The maximum atomic E-state index is 14.8. The lowest BCUT2D eigenvalue weighted by molar-refractivity contribution is -0.170. The van der Waals surface area contributed by atoms with E-state index in [0.717, 1.165) is 55.6 Å². The molecule has 0 spiro atoms. The molecule has 3 N–H and O–H groups in total. The number of halogens is 2. The van der Waals surface area contributed by atoms with Crippen LogP contribution in [0.2, 0.25) is 0 Å². The zero-order valence-corrected chi connectivity index (χ0v) is 27.3. The van der Waals surface area contributed by atoms with Gasteiger partial charge in [0.25, 0.3) is 0 Å². The van der Waals surface area contributed by atoms with Gasteiger partial charge in [-0.25, -0.2) is 19.3 Å². The van der Waals surface area contributed by atoms with Crippen molar-refractivity contribution in [3.63, 3.8) is 0 Å². The quantitative estimate of drug-likeness (QED) is 0.233. The number of aromatic nitrogens is 5. The van der Waals surface area contributed by atoms with E-state index in [2.05, 4.69) is 58.8 Å². The molecular formula is C33H42ClFN8O2. The summed E-state index contributed by atoms with van der Waals surface area (Å²) < 4.78 is 28.5. The van der Waals surface area contributed by atoms with Gasteiger partial charge in [0.15, 0.2) is 5.82 Å². The normalized spacial score (nSPS) is 19.5. The van der Waals surface area contributed by atoms with Crippen molar-refractivity contribution in [2.75, 3.05) is 30.4 Å². The van der Waals surface area contributed by atoms with Crippen LogP contribution in [0.4, 0.5) is 21.7 Å². The Morgan fingerprint density at radius 2 is 1.84 bits per heavy atom. The van der Waals surface area contributed by atoms with Gasteiger partial charge in [-0.05, 0) is 71.6 Å². The second-order valence-electron chi connectivity index (χ2n) is 13.0. The number of ether oxygens (including phenoxy) is 2. The van der Waals surface area contributed by atoms with Crippen LogP contribution in [0.5, 0.6) is 5.75 Å². The summed E-state index contributed by atoms with van der Waals surface area (Å²) in [5, 5.41) is 8.11. The standard InChI is InChI=1S/C33H41FN8O2.ClH/c1-32(2)15-23(16-33(3,4)44-32)42-19-21(17-38-42)24-18-37-29(14-26(24)41-13-7-8-22(35)20-41)39-28-11-12-36-31(40-28)30-25(34)9-6-10-27(30)43-5;/h6,9-12,14,17-19,22-23H,7-8,13,15-16,20,35H2,1-5H3,(H,36,37,39,40);1H/t22-;/m0./s1. The number of anilines is 3. The summed E-state index contributed by atoms with van der Waals surface area (Å²) in [5.41, 5.74) is 9.16. The number of hydrogen-bond acceptors (Lipinski definition) is 9. The first-order valence-corrected chi connectivity index (χ1v) is 15.2. The van der Waals surface area contributed by atoms with Crippen LogP contribution < -0.4 is 20.7 Å². The van der Waals surface area contributed by atoms with Crippen molar-refractivity contribution in [1.82, 2.24) is 24.7 Å². The van der Waals surface area contributed by atoms with Gasteiger partial charge in [0.1, 0.15) is 23.2 Å². The molecule has 5 heterocycles. The number of rotatable bonds is 7. The van der Waals surface area contributed by atoms with Gasteiger partial charge in [0.2, 0.25) is 0 Å². The molecule has 0 saturated carbocycles. The summed E-state index contributed by atoms with van der Waals surface area (Å²) in [4.78, 5) is 16.0. The molecule has 0 bridgehead atoms. The summed E-state index contributed by atoms with van der Waals surface area (Å²) >= 11 is 0. The van der Waals surface area contributed by atoms with E-state index in [4.69, 9.17) is 25.3 Å². The number of benzene rings is 1. The molecule has 45 heavy (non-hydrogen) atoms. The number of methoxy groups -OCH3 is 1. The Bertz CT molecular complexity index is 1630. The topological polar surface area (TPSA) is 116 Å². The number of hydrogen-bond donors (Lipinski definition) is 2. The Labute approximate surface area is 270 Å². The number of nitrogens with zero attached hydrogens (tertiary/aromatic N) is 6. The number of nitrogens with one attached hydrogen (secondary N) is 1. The Hall–Kier alpha value is -3.80. The van der Waals surface area contributed by atoms with Gasteiger partial charge in [-0.15, -0.1) is 12.4 Å². The van der Waals surface area contributed by atoms with Gasteiger partial charge in [-0.3, -0.25) is 4.68 Å². The molecule has 2 aliphatic rings. The van der Waals surface area contributed by atoms with Crippen LogP contribution >= 0.6 is 12.4 Å². The fraction of sp³-hybridized carbons (Fsp3) is 0.455. The van der Waals surface area contributed by atoms with E-state index in [9.17, 15) is 4.39 Å². The van der Waals surface area contributed by atoms with E-state index in [1.807, 2.05) is 18.5 Å². The fourth-order valence-electron chi connectivity index (χ4n) is 6.70. The highest BCUT2D eigenvalue weighted by Gasteiger charge is 2.40. The van der Waals surface area contributed by atoms with Crippen LogP contribution in [0.15, 0.2) is 55.1 Å². The van der Waals surface area contributed by atoms with Crippen LogP contribution in [0.25, 0.3) is 22.5 Å². The van der Waals surface area contributed by atoms with Crippen LogP contribution in [0.1, 0.15) is 59.4 Å². The molecule has 0 aliphatic carbocycles. The second kappa shape index (κ2) is 12.9. The van der Waals surface area contributed by atoms with Gasteiger partial charge in [0.05, 0.1) is 36.1 Å². The minimum atomic E-state index is -0.457. The average molecular weight is 637 g/mol. The molecule has 3 aromatic heterocycles. The predicted octanol–water partition coefficient (Wildman–Crippen LogP) is 6.55. The first-order chi connectivity index (χ1) is 21.0. The molecule has 0 radical (unpaired) electrons. The van der Waals surface area contributed by atoms with Crippen molar-refractivity contribution in [2.24, 2.45) is 5.73 Å². The van der Waals surface area contributed by atoms with Crippen molar-refractivity contribution < 1.29 is 13.9 Å². The molecule has 1 aromatic carbocycles. The molecule has 0 unspecified atom stereocenters. The van der Waals surface area contributed by atoms with Crippen LogP contribution in [-0.2, 0) is 4.74 Å².